The molecule has 1 aromatic carbocycles. The standard InChI is InChI=1S/C21H32N2O5/c1-3-5-6-7-8-14-22(4-2)20(24)12-13-21(27-15-16-28-21)18-10-9-11-19(17-18)23(25)26/h9-11,17H,3-8,12-16H2,1-2H3. The third-order valence-electron chi connectivity index (χ3n) is 5.18. The zero-order chi connectivity index (χ0) is 20.4. The van der Waals surface area contributed by atoms with Crippen LogP contribution in [0.3, 0.4) is 0 Å². The Balaban J connectivity index is 1.97. The minimum absolute atomic E-state index is 0.00966. The lowest BCUT2D eigenvalue weighted by molar-refractivity contribution is -0.385. The van der Waals surface area contributed by atoms with Crippen molar-refractivity contribution in [2.75, 3.05) is 26.3 Å². The van der Waals surface area contributed by atoms with Gasteiger partial charge in [0.25, 0.3) is 5.69 Å². The number of unbranched alkanes of at least 4 members (excludes halogenated alkanes) is 4. The van der Waals surface area contributed by atoms with Crippen molar-refractivity contribution >= 4 is 11.6 Å². The molecule has 1 amide bonds. The summed E-state index contributed by atoms with van der Waals surface area (Å²) in [6.45, 7) is 6.44. The predicted octanol–water partition coefficient (Wildman–Crippen LogP) is 4.39. The van der Waals surface area contributed by atoms with E-state index in [9.17, 15) is 14.9 Å². The van der Waals surface area contributed by atoms with Gasteiger partial charge in [-0.05, 0) is 13.3 Å². The topological polar surface area (TPSA) is 81.9 Å². The number of nitrogens with zero attached hydrogens (tertiary/aromatic N) is 2. The van der Waals surface area contributed by atoms with Crippen LogP contribution in [-0.4, -0.2) is 42.0 Å². The first-order valence-corrected chi connectivity index (χ1v) is 10.3. The van der Waals surface area contributed by atoms with E-state index in [-0.39, 0.29) is 18.0 Å². The zero-order valence-corrected chi connectivity index (χ0v) is 17.0. The molecule has 0 bridgehead atoms. The molecule has 0 radical (unpaired) electrons. The maximum Gasteiger partial charge on any atom is 0.269 e. The molecule has 1 fully saturated rings. The largest absolute Gasteiger partial charge is 0.343 e. The van der Waals surface area contributed by atoms with Crippen molar-refractivity contribution < 1.29 is 19.2 Å². The minimum Gasteiger partial charge on any atom is -0.343 e. The Bertz CT molecular complexity index is 643. The maximum atomic E-state index is 12.7. The van der Waals surface area contributed by atoms with Gasteiger partial charge in [-0.15, -0.1) is 0 Å². The summed E-state index contributed by atoms with van der Waals surface area (Å²) in [6.07, 6.45) is 6.44. The lowest BCUT2D eigenvalue weighted by Crippen LogP contribution is -2.34. The molecular formula is C21H32N2O5. The number of carbonyl (C=O) groups excluding carboxylic acids is 1. The summed E-state index contributed by atoms with van der Waals surface area (Å²) >= 11 is 0. The molecule has 0 atom stereocenters. The van der Waals surface area contributed by atoms with Crippen LogP contribution in [0.1, 0.15) is 64.4 Å². The molecule has 0 aromatic heterocycles. The average molecular weight is 392 g/mol. The van der Waals surface area contributed by atoms with Gasteiger partial charge < -0.3 is 14.4 Å². The lowest BCUT2D eigenvalue weighted by Gasteiger charge is -2.29. The van der Waals surface area contributed by atoms with Gasteiger partial charge in [0.15, 0.2) is 5.79 Å². The molecule has 1 aromatic rings. The third kappa shape index (κ3) is 6.01. The molecule has 1 aliphatic rings. The fourth-order valence-corrected chi connectivity index (χ4v) is 3.56. The highest BCUT2D eigenvalue weighted by Gasteiger charge is 2.39. The Morgan fingerprint density at radius 1 is 1.18 bits per heavy atom. The summed E-state index contributed by atoms with van der Waals surface area (Å²) in [5.41, 5.74) is 0.583. The van der Waals surface area contributed by atoms with Crippen LogP contribution < -0.4 is 0 Å². The molecule has 7 nitrogen and oxygen atoms in total. The second kappa shape index (κ2) is 11.1. The molecule has 28 heavy (non-hydrogen) atoms. The molecule has 0 saturated carbocycles. The van der Waals surface area contributed by atoms with Crippen LogP contribution in [0.15, 0.2) is 24.3 Å². The van der Waals surface area contributed by atoms with E-state index >= 15 is 0 Å². The summed E-state index contributed by atoms with van der Waals surface area (Å²) in [7, 11) is 0. The summed E-state index contributed by atoms with van der Waals surface area (Å²) in [6, 6.07) is 6.29. The van der Waals surface area contributed by atoms with Crippen molar-refractivity contribution in [3.8, 4) is 0 Å². The van der Waals surface area contributed by atoms with Gasteiger partial charge in [0, 0.05) is 43.6 Å². The lowest BCUT2D eigenvalue weighted by atomic mass is 9.99. The van der Waals surface area contributed by atoms with Gasteiger partial charge in [0.2, 0.25) is 5.91 Å². The number of nitro benzene ring substituents is 1. The summed E-state index contributed by atoms with van der Waals surface area (Å²) in [4.78, 5) is 25.2. The molecule has 7 heteroatoms. The van der Waals surface area contributed by atoms with Crippen molar-refractivity contribution in [3.63, 3.8) is 0 Å². The normalized spacial score (nSPS) is 15.5. The SMILES string of the molecule is CCCCCCCN(CC)C(=O)CCC1(c2cccc([N+](=O)[O-])c2)OCCO1. The molecule has 1 saturated heterocycles. The van der Waals surface area contributed by atoms with Crippen LogP contribution in [0.25, 0.3) is 0 Å². The zero-order valence-electron chi connectivity index (χ0n) is 17.0. The van der Waals surface area contributed by atoms with Crippen molar-refractivity contribution in [3.05, 3.63) is 39.9 Å². The average Bonchev–Trinajstić information content (AvgIpc) is 3.19. The number of carbonyl (C=O) groups is 1. The summed E-state index contributed by atoms with van der Waals surface area (Å²) in [5, 5.41) is 11.1. The number of rotatable bonds is 12. The van der Waals surface area contributed by atoms with E-state index in [2.05, 4.69) is 6.92 Å². The monoisotopic (exact) mass is 392 g/mol. The number of ether oxygens (including phenoxy) is 2. The van der Waals surface area contributed by atoms with E-state index < -0.39 is 10.7 Å². The molecule has 0 aliphatic carbocycles. The van der Waals surface area contributed by atoms with Crippen LogP contribution >= 0.6 is 0 Å². The molecule has 2 rings (SSSR count). The van der Waals surface area contributed by atoms with Gasteiger partial charge in [-0.1, -0.05) is 44.7 Å². The molecule has 1 aliphatic heterocycles. The first kappa shape index (κ1) is 22.3. The first-order valence-electron chi connectivity index (χ1n) is 10.3. The summed E-state index contributed by atoms with van der Waals surface area (Å²) < 4.78 is 11.7. The second-order valence-electron chi connectivity index (χ2n) is 7.14. The third-order valence-corrected chi connectivity index (χ3v) is 5.18. The van der Waals surface area contributed by atoms with E-state index in [0.29, 0.717) is 31.7 Å². The van der Waals surface area contributed by atoms with E-state index in [1.807, 2.05) is 11.8 Å². The van der Waals surface area contributed by atoms with E-state index in [4.69, 9.17) is 9.47 Å². The first-order chi connectivity index (χ1) is 13.5. The number of hydrogen-bond acceptors (Lipinski definition) is 5. The number of amides is 1. The molecular weight excluding hydrogens is 360 g/mol. The molecule has 156 valence electrons. The predicted molar refractivity (Wildman–Crippen MR) is 107 cm³/mol. The van der Waals surface area contributed by atoms with E-state index in [1.165, 1.54) is 31.4 Å². The molecule has 1 heterocycles. The van der Waals surface area contributed by atoms with Crippen LogP contribution in [0.2, 0.25) is 0 Å². The highest BCUT2D eigenvalue weighted by atomic mass is 16.7. The van der Waals surface area contributed by atoms with Gasteiger partial charge in [-0.3, -0.25) is 14.9 Å². The van der Waals surface area contributed by atoms with Crippen molar-refractivity contribution in [2.24, 2.45) is 0 Å². The van der Waals surface area contributed by atoms with E-state index in [0.717, 1.165) is 19.4 Å². The van der Waals surface area contributed by atoms with Crippen LogP contribution in [0.4, 0.5) is 5.69 Å². The second-order valence-corrected chi connectivity index (χ2v) is 7.14. The Morgan fingerprint density at radius 2 is 1.89 bits per heavy atom. The number of nitro groups is 1. The molecule has 0 spiro atoms. The van der Waals surface area contributed by atoms with Crippen molar-refractivity contribution in [1.29, 1.82) is 0 Å². The summed E-state index contributed by atoms with van der Waals surface area (Å²) in [5.74, 6) is -1.01. The van der Waals surface area contributed by atoms with E-state index in [1.54, 1.807) is 12.1 Å². The highest BCUT2D eigenvalue weighted by molar-refractivity contribution is 5.76. The Morgan fingerprint density at radius 3 is 2.54 bits per heavy atom. The number of benzene rings is 1. The maximum absolute atomic E-state index is 12.7. The Hall–Kier alpha value is -1.99. The van der Waals surface area contributed by atoms with Crippen molar-refractivity contribution in [1.82, 2.24) is 4.90 Å². The Labute approximate surface area is 167 Å². The van der Waals surface area contributed by atoms with Gasteiger partial charge in [-0.2, -0.15) is 0 Å². The highest BCUT2D eigenvalue weighted by Crippen LogP contribution is 2.37. The number of non-ortho nitro benzene ring substituents is 1. The van der Waals surface area contributed by atoms with Crippen LogP contribution in [0, 0.1) is 10.1 Å². The van der Waals surface area contributed by atoms with Gasteiger partial charge >= 0.3 is 0 Å². The fourth-order valence-electron chi connectivity index (χ4n) is 3.56. The smallest absolute Gasteiger partial charge is 0.269 e. The molecule has 0 N–H and O–H groups in total. The van der Waals surface area contributed by atoms with Crippen LogP contribution in [0.5, 0.6) is 0 Å². The van der Waals surface area contributed by atoms with Gasteiger partial charge in [0.1, 0.15) is 0 Å². The fraction of sp³-hybridized carbons (Fsp3) is 0.667. The minimum atomic E-state index is -1.08. The van der Waals surface area contributed by atoms with Gasteiger partial charge in [-0.25, -0.2) is 0 Å². The van der Waals surface area contributed by atoms with Crippen LogP contribution in [-0.2, 0) is 20.1 Å². The quantitative estimate of drug-likeness (QED) is 0.299. The molecule has 0 unspecified atom stereocenters. The van der Waals surface area contributed by atoms with Gasteiger partial charge in [0.05, 0.1) is 18.1 Å². The van der Waals surface area contributed by atoms with Crippen molar-refractivity contribution in [2.45, 2.75) is 64.6 Å². The Kier molecular flexibility index (Phi) is 8.86. The number of hydrogen-bond donors (Lipinski definition) is 0.